The van der Waals surface area contributed by atoms with Crippen LogP contribution in [0.5, 0.6) is 0 Å². The maximum Gasteiger partial charge on any atom is 0.234 e. The molecule has 1 aliphatic rings. The van der Waals surface area contributed by atoms with Gasteiger partial charge in [0.05, 0.1) is 12.0 Å². The van der Waals surface area contributed by atoms with Crippen molar-refractivity contribution in [2.24, 2.45) is 5.92 Å². The number of carbonyl (C=O) groups is 1. The summed E-state index contributed by atoms with van der Waals surface area (Å²) in [5.41, 5.74) is 2.94. The van der Waals surface area contributed by atoms with Crippen LogP contribution in [0, 0.1) is 5.92 Å². The highest BCUT2D eigenvalue weighted by atomic mass is 16.3. The molecule has 0 aliphatic carbocycles. The maximum absolute atomic E-state index is 12.1. The number of nitrogens with zero attached hydrogens (tertiary/aromatic N) is 1. The number of anilines is 1. The molecule has 3 heteroatoms. The zero-order valence-electron chi connectivity index (χ0n) is 11.5. The van der Waals surface area contributed by atoms with Crippen LogP contribution in [0.25, 0.3) is 0 Å². The van der Waals surface area contributed by atoms with Gasteiger partial charge in [-0.05, 0) is 29.5 Å². The van der Waals surface area contributed by atoms with Gasteiger partial charge in [-0.1, -0.05) is 32.9 Å². The lowest BCUT2D eigenvalue weighted by atomic mass is 9.92. The average Bonchev–Trinajstić information content (AvgIpc) is 2.60. The van der Waals surface area contributed by atoms with Crippen molar-refractivity contribution < 1.29 is 9.90 Å². The molecule has 2 rings (SSSR count). The van der Waals surface area contributed by atoms with Gasteiger partial charge in [0.2, 0.25) is 5.91 Å². The average molecular weight is 247 g/mol. The van der Waals surface area contributed by atoms with Gasteiger partial charge in [-0.15, -0.1) is 0 Å². The van der Waals surface area contributed by atoms with Crippen molar-refractivity contribution in [2.45, 2.75) is 39.2 Å². The lowest BCUT2D eigenvalue weighted by molar-refractivity contribution is -0.119. The van der Waals surface area contributed by atoms with Crippen LogP contribution >= 0.6 is 0 Å². The van der Waals surface area contributed by atoms with E-state index in [2.05, 4.69) is 0 Å². The number of carbonyl (C=O) groups excluding carboxylic acids is 1. The van der Waals surface area contributed by atoms with Crippen LogP contribution in [-0.4, -0.2) is 18.1 Å². The topological polar surface area (TPSA) is 40.5 Å². The molecule has 3 nitrogen and oxygen atoms in total. The second-order valence-electron chi connectivity index (χ2n) is 5.37. The molecule has 0 fully saturated rings. The highest BCUT2D eigenvalue weighted by molar-refractivity contribution is 6.04. The van der Waals surface area contributed by atoms with Crippen LogP contribution < -0.4 is 4.90 Å². The third-order valence-electron chi connectivity index (χ3n) is 3.80. The number of benzene rings is 1. The van der Waals surface area contributed by atoms with Crippen molar-refractivity contribution in [3.05, 3.63) is 29.3 Å². The molecule has 2 atom stereocenters. The molecular weight excluding hydrogens is 226 g/mol. The molecule has 1 aromatic carbocycles. The van der Waals surface area contributed by atoms with Crippen molar-refractivity contribution in [3.8, 4) is 0 Å². The monoisotopic (exact) mass is 247 g/mol. The SMILES string of the molecule is CCC1C(=O)N(C)c2ccc(C(O)C(C)C)cc21. The van der Waals surface area contributed by atoms with Crippen molar-refractivity contribution in [1.29, 1.82) is 0 Å². The summed E-state index contributed by atoms with van der Waals surface area (Å²) in [7, 11) is 1.81. The normalized spacial score (nSPS) is 20.4. The Morgan fingerprint density at radius 3 is 2.61 bits per heavy atom. The van der Waals surface area contributed by atoms with E-state index in [9.17, 15) is 9.90 Å². The summed E-state index contributed by atoms with van der Waals surface area (Å²) < 4.78 is 0. The summed E-state index contributed by atoms with van der Waals surface area (Å²) in [6.07, 6.45) is 0.339. The second kappa shape index (κ2) is 4.73. The summed E-state index contributed by atoms with van der Waals surface area (Å²) in [6.45, 7) is 6.01. The molecule has 0 saturated carbocycles. The van der Waals surface area contributed by atoms with Gasteiger partial charge in [0, 0.05) is 12.7 Å². The van der Waals surface area contributed by atoms with Gasteiger partial charge in [-0.25, -0.2) is 0 Å². The van der Waals surface area contributed by atoms with Crippen molar-refractivity contribution in [1.82, 2.24) is 0 Å². The summed E-state index contributed by atoms with van der Waals surface area (Å²) in [5.74, 6) is 0.283. The van der Waals surface area contributed by atoms with Crippen molar-refractivity contribution in [2.75, 3.05) is 11.9 Å². The highest BCUT2D eigenvalue weighted by Crippen LogP contribution is 2.40. The number of hydrogen-bond acceptors (Lipinski definition) is 2. The van der Waals surface area contributed by atoms with Crippen LogP contribution in [-0.2, 0) is 4.79 Å². The lowest BCUT2D eigenvalue weighted by Gasteiger charge is -2.17. The van der Waals surface area contributed by atoms with E-state index in [1.54, 1.807) is 4.90 Å². The van der Waals surface area contributed by atoms with Gasteiger partial charge >= 0.3 is 0 Å². The number of rotatable bonds is 3. The van der Waals surface area contributed by atoms with E-state index in [-0.39, 0.29) is 17.7 Å². The standard InChI is InChI=1S/C15H21NO2/c1-5-11-12-8-10(14(17)9(2)3)6-7-13(12)16(4)15(11)18/h6-9,11,14,17H,5H2,1-4H3. The Hall–Kier alpha value is -1.35. The molecule has 0 bridgehead atoms. The molecule has 2 unspecified atom stereocenters. The van der Waals surface area contributed by atoms with Crippen LogP contribution in [0.2, 0.25) is 0 Å². The fourth-order valence-electron chi connectivity index (χ4n) is 2.61. The molecule has 0 saturated heterocycles. The minimum absolute atomic E-state index is 0.0516. The first-order chi connectivity index (χ1) is 8.47. The van der Waals surface area contributed by atoms with E-state index in [1.807, 2.05) is 46.0 Å². The third kappa shape index (κ3) is 1.93. The first kappa shape index (κ1) is 13.1. The van der Waals surface area contributed by atoms with E-state index in [1.165, 1.54) is 0 Å². The Bertz CT molecular complexity index is 468. The Balaban J connectivity index is 2.44. The van der Waals surface area contributed by atoms with Gasteiger partial charge in [0.15, 0.2) is 0 Å². The smallest absolute Gasteiger partial charge is 0.234 e. The molecule has 0 spiro atoms. The molecular formula is C15H21NO2. The molecule has 1 aromatic rings. The van der Waals surface area contributed by atoms with Gasteiger partial charge in [0.25, 0.3) is 0 Å². The summed E-state index contributed by atoms with van der Waals surface area (Å²) >= 11 is 0. The number of amides is 1. The Morgan fingerprint density at radius 1 is 1.39 bits per heavy atom. The van der Waals surface area contributed by atoms with Gasteiger partial charge < -0.3 is 10.0 Å². The van der Waals surface area contributed by atoms with Crippen LogP contribution in [0.3, 0.4) is 0 Å². The van der Waals surface area contributed by atoms with Gasteiger partial charge in [-0.2, -0.15) is 0 Å². The molecule has 1 heterocycles. The predicted octanol–water partition coefficient (Wildman–Crippen LogP) is 2.85. The zero-order valence-corrected chi connectivity index (χ0v) is 11.5. The van der Waals surface area contributed by atoms with E-state index in [4.69, 9.17) is 0 Å². The van der Waals surface area contributed by atoms with E-state index in [0.717, 1.165) is 23.2 Å². The summed E-state index contributed by atoms with van der Waals surface area (Å²) in [4.78, 5) is 13.8. The van der Waals surface area contributed by atoms with E-state index >= 15 is 0 Å². The maximum atomic E-state index is 12.1. The Morgan fingerprint density at radius 2 is 2.06 bits per heavy atom. The molecule has 0 radical (unpaired) electrons. The van der Waals surface area contributed by atoms with Crippen molar-refractivity contribution in [3.63, 3.8) is 0 Å². The number of hydrogen-bond donors (Lipinski definition) is 1. The number of aliphatic hydroxyl groups excluding tert-OH is 1. The quantitative estimate of drug-likeness (QED) is 0.892. The van der Waals surface area contributed by atoms with Crippen molar-refractivity contribution >= 4 is 11.6 Å². The molecule has 1 aliphatic heterocycles. The Kier molecular flexibility index (Phi) is 3.44. The van der Waals surface area contributed by atoms with Crippen LogP contribution in [0.4, 0.5) is 5.69 Å². The number of aliphatic hydroxyl groups is 1. The zero-order chi connectivity index (χ0) is 13.4. The minimum Gasteiger partial charge on any atom is -0.388 e. The first-order valence-electron chi connectivity index (χ1n) is 6.56. The molecule has 18 heavy (non-hydrogen) atoms. The second-order valence-corrected chi connectivity index (χ2v) is 5.37. The number of likely N-dealkylation sites (N-methyl/N-ethyl adjacent to an activating group) is 1. The fraction of sp³-hybridized carbons (Fsp3) is 0.533. The van der Waals surface area contributed by atoms with Gasteiger partial charge in [-0.3, -0.25) is 4.79 Å². The molecule has 98 valence electrons. The van der Waals surface area contributed by atoms with E-state index in [0.29, 0.717) is 0 Å². The lowest BCUT2D eigenvalue weighted by Crippen LogP contribution is -2.23. The van der Waals surface area contributed by atoms with Crippen LogP contribution in [0.15, 0.2) is 18.2 Å². The summed E-state index contributed by atoms with van der Waals surface area (Å²) in [5, 5.41) is 10.1. The highest BCUT2D eigenvalue weighted by Gasteiger charge is 2.34. The first-order valence-corrected chi connectivity index (χ1v) is 6.56. The van der Waals surface area contributed by atoms with Gasteiger partial charge in [0.1, 0.15) is 0 Å². The third-order valence-corrected chi connectivity index (χ3v) is 3.80. The minimum atomic E-state index is -0.464. The predicted molar refractivity (Wildman–Crippen MR) is 72.7 cm³/mol. The number of fused-ring (bicyclic) bond motifs is 1. The largest absolute Gasteiger partial charge is 0.388 e. The Labute approximate surface area is 108 Å². The van der Waals surface area contributed by atoms with E-state index < -0.39 is 6.10 Å². The molecule has 1 N–H and O–H groups in total. The fourth-order valence-corrected chi connectivity index (χ4v) is 2.61. The molecule has 0 aromatic heterocycles. The summed E-state index contributed by atoms with van der Waals surface area (Å²) in [6, 6.07) is 5.87. The van der Waals surface area contributed by atoms with Crippen LogP contribution in [0.1, 0.15) is 50.3 Å². The molecule has 1 amide bonds.